The molecule has 0 saturated heterocycles. The van der Waals surface area contributed by atoms with E-state index >= 15 is 0 Å². The topological polar surface area (TPSA) is 12.0 Å². The Morgan fingerprint density at radius 2 is 2.07 bits per heavy atom. The van der Waals surface area contributed by atoms with E-state index in [1.165, 1.54) is 29.7 Å². The molecule has 2 fully saturated rings. The number of hydrogen-bond donors (Lipinski definition) is 1. The van der Waals surface area contributed by atoms with Gasteiger partial charge in [0, 0.05) is 10.9 Å². The van der Waals surface area contributed by atoms with E-state index < -0.39 is 0 Å². The van der Waals surface area contributed by atoms with Gasteiger partial charge in [-0.05, 0) is 68.0 Å². The molecule has 1 nitrogen and oxygen atoms in total. The van der Waals surface area contributed by atoms with Crippen molar-refractivity contribution in [2.45, 2.75) is 32.2 Å². The Balaban J connectivity index is 1.76. The van der Waals surface area contributed by atoms with E-state index in [1.807, 2.05) is 11.3 Å². The zero-order chi connectivity index (χ0) is 10.4. The second-order valence-corrected chi connectivity index (χ2v) is 6.36. The first kappa shape index (κ1) is 9.86. The molecule has 0 amide bonds. The van der Waals surface area contributed by atoms with Gasteiger partial charge in [0.2, 0.25) is 0 Å². The molecule has 15 heavy (non-hydrogen) atoms. The van der Waals surface area contributed by atoms with Crippen LogP contribution in [-0.2, 0) is 0 Å². The zero-order valence-corrected chi connectivity index (χ0v) is 10.3. The Labute approximate surface area is 95.9 Å². The summed E-state index contributed by atoms with van der Waals surface area (Å²) in [6.07, 6.45) is 4.45. The highest BCUT2D eigenvalue weighted by Crippen LogP contribution is 2.57. The molecule has 0 aliphatic heterocycles. The Morgan fingerprint density at radius 1 is 1.33 bits per heavy atom. The van der Waals surface area contributed by atoms with E-state index in [4.69, 9.17) is 0 Å². The van der Waals surface area contributed by atoms with E-state index in [0.29, 0.717) is 6.04 Å². The Bertz CT molecular complexity index is 347. The second-order valence-electron chi connectivity index (χ2n) is 5.24. The minimum atomic E-state index is 0.614. The summed E-state index contributed by atoms with van der Waals surface area (Å²) in [5.41, 5.74) is 1.52. The summed E-state index contributed by atoms with van der Waals surface area (Å²) in [5, 5.41) is 5.86. The van der Waals surface area contributed by atoms with Crippen LogP contribution in [0.5, 0.6) is 0 Å². The van der Waals surface area contributed by atoms with Gasteiger partial charge in [-0.25, -0.2) is 0 Å². The van der Waals surface area contributed by atoms with Gasteiger partial charge in [-0.1, -0.05) is 0 Å². The van der Waals surface area contributed by atoms with E-state index in [9.17, 15) is 0 Å². The van der Waals surface area contributed by atoms with Gasteiger partial charge >= 0.3 is 0 Å². The van der Waals surface area contributed by atoms with Gasteiger partial charge in [-0.2, -0.15) is 0 Å². The van der Waals surface area contributed by atoms with Gasteiger partial charge < -0.3 is 5.32 Å². The zero-order valence-electron chi connectivity index (χ0n) is 9.49. The molecule has 3 rings (SSSR count). The predicted molar refractivity (Wildman–Crippen MR) is 65.2 cm³/mol. The van der Waals surface area contributed by atoms with Crippen molar-refractivity contribution in [3.8, 4) is 0 Å². The Morgan fingerprint density at radius 3 is 2.60 bits per heavy atom. The van der Waals surface area contributed by atoms with Gasteiger partial charge in [0.15, 0.2) is 0 Å². The molecular formula is C13H19NS. The summed E-state index contributed by atoms with van der Waals surface area (Å²) in [4.78, 5) is 1.44. The summed E-state index contributed by atoms with van der Waals surface area (Å²) >= 11 is 1.88. The first-order valence-electron chi connectivity index (χ1n) is 6.00. The third kappa shape index (κ3) is 1.74. The summed E-state index contributed by atoms with van der Waals surface area (Å²) in [5.74, 6) is 3.07. The first-order valence-corrected chi connectivity index (χ1v) is 6.88. The molecule has 0 bridgehead atoms. The Kier molecular flexibility index (Phi) is 2.37. The third-order valence-corrected chi connectivity index (χ3v) is 5.05. The fourth-order valence-electron chi connectivity index (χ4n) is 3.34. The SMILES string of the molecule is CNC(c1csc(C)c1)C1CC2CC2C1. The highest BCUT2D eigenvalue weighted by Gasteiger charge is 2.47. The standard InChI is InChI=1S/C13H19NS/c1-8-3-12(7-15-8)13(14-2)11-5-9-4-10(9)6-11/h3,7,9-11,13-14H,4-6H2,1-2H3. The smallest absolute Gasteiger partial charge is 0.0354 e. The fourth-order valence-corrected chi connectivity index (χ4v) is 4.08. The molecule has 2 aliphatic rings. The molecule has 0 radical (unpaired) electrons. The molecule has 0 spiro atoms. The van der Waals surface area contributed by atoms with Crippen molar-refractivity contribution >= 4 is 11.3 Å². The van der Waals surface area contributed by atoms with E-state index in [1.54, 1.807) is 0 Å². The van der Waals surface area contributed by atoms with Crippen LogP contribution in [0.2, 0.25) is 0 Å². The van der Waals surface area contributed by atoms with Crippen molar-refractivity contribution in [1.29, 1.82) is 0 Å². The lowest BCUT2D eigenvalue weighted by Crippen LogP contribution is -2.24. The quantitative estimate of drug-likeness (QED) is 0.825. The molecule has 3 unspecified atom stereocenters. The average Bonchev–Trinajstić information content (AvgIpc) is 2.63. The van der Waals surface area contributed by atoms with Crippen LogP contribution in [0.25, 0.3) is 0 Å². The maximum atomic E-state index is 3.52. The van der Waals surface area contributed by atoms with Crippen molar-refractivity contribution in [2.24, 2.45) is 17.8 Å². The normalized spacial score (nSPS) is 35.2. The highest BCUT2D eigenvalue weighted by molar-refractivity contribution is 7.10. The molecular weight excluding hydrogens is 202 g/mol. The number of thiophene rings is 1. The van der Waals surface area contributed by atoms with E-state index in [-0.39, 0.29) is 0 Å². The monoisotopic (exact) mass is 221 g/mol. The fraction of sp³-hybridized carbons (Fsp3) is 0.692. The van der Waals surface area contributed by atoms with Crippen LogP contribution in [0, 0.1) is 24.7 Å². The van der Waals surface area contributed by atoms with Gasteiger partial charge in [0.1, 0.15) is 0 Å². The molecule has 2 heteroatoms. The van der Waals surface area contributed by atoms with Crippen LogP contribution >= 0.6 is 11.3 Å². The highest BCUT2D eigenvalue weighted by atomic mass is 32.1. The minimum absolute atomic E-state index is 0.614. The van der Waals surface area contributed by atoms with Crippen molar-refractivity contribution in [2.75, 3.05) is 7.05 Å². The van der Waals surface area contributed by atoms with Gasteiger partial charge in [-0.3, -0.25) is 0 Å². The van der Waals surface area contributed by atoms with Crippen LogP contribution in [0.1, 0.15) is 35.7 Å². The molecule has 1 heterocycles. The molecule has 2 saturated carbocycles. The number of aryl methyl sites for hydroxylation is 1. The van der Waals surface area contributed by atoms with Crippen LogP contribution in [0.15, 0.2) is 11.4 Å². The summed E-state index contributed by atoms with van der Waals surface area (Å²) in [7, 11) is 2.11. The van der Waals surface area contributed by atoms with E-state index in [0.717, 1.165) is 17.8 Å². The molecule has 3 atom stereocenters. The van der Waals surface area contributed by atoms with Crippen molar-refractivity contribution in [3.63, 3.8) is 0 Å². The third-order valence-electron chi connectivity index (χ3n) is 4.17. The molecule has 1 N–H and O–H groups in total. The lowest BCUT2D eigenvalue weighted by molar-refractivity contribution is 0.360. The number of rotatable bonds is 3. The summed E-state index contributed by atoms with van der Waals surface area (Å²) in [6.45, 7) is 2.20. The van der Waals surface area contributed by atoms with Gasteiger partial charge in [-0.15, -0.1) is 11.3 Å². The molecule has 0 aromatic carbocycles. The summed E-state index contributed by atoms with van der Waals surface area (Å²) < 4.78 is 0. The molecule has 1 aromatic rings. The van der Waals surface area contributed by atoms with Crippen LogP contribution in [-0.4, -0.2) is 7.05 Å². The van der Waals surface area contributed by atoms with Crippen molar-refractivity contribution in [3.05, 3.63) is 21.9 Å². The lowest BCUT2D eigenvalue weighted by atomic mass is 9.90. The maximum absolute atomic E-state index is 3.52. The Hall–Kier alpha value is -0.340. The lowest BCUT2D eigenvalue weighted by Gasteiger charge is -2.23. The molecule has 2 aliphatic carbocycles. The van der Waals surface area contributed by atoms with E-state index in [2.05, 4.69) is 30.7 Å². The van der Waals surface area contributed by atoms with Crippen molar-refractivity contribution < 1.29 is 0 Å². The largest absolute Gasteiger partial charge is 0.313 e. The van der Waals surface area contributed by atoms with Crippen LogP contribution in [0.3, 0.4) is 0 Å². The number of fused-ring (bicyclic) bond motifs is 1. The summed E-state index contributed by atoms with van der Waals surface area (Å²) in [6, 6.07) is 2.97. The first-order chi connectivity index (χ1) is 7.28. The van der Waals surface area contributed by atoms with Crippen molar-refractivity contribution in [1.82, 2.24) is 5.32 Å². The van der Waals surface area contributed by atoms with Gasteiger partial charge in [0.05, 0.1) is 0 Å². The molecule has 1 aromatic heterocycles. The number of nitrogens with one attached hydrogen (secondary N) is 1. The number of hydrogen-bond acceptors (Lipinski definition) is 2. The molecule has 82 valence electrons. The van der Waals surface area contributed by atoms with Crippen LogP contribution < -0.4 is 5.32 Å². The predicted octanol–water partition coefficient (Wildman–Crippen LogP) is 3.36. The maximum Gasteiger partial charge on any atom is 0.0354 e. The second kappa shape index (κ2) is 3.60. The van der Waals surface area contributed by atoms with Crippen LogP contribution in [0.4, 0.5) is 0 Å². The minimum Gasteiger partial charge on any atom is -0.313 e. The average molecular weight is 221 g/mol. The van der Waals surface area contributed by atoms with Gasteiger partial charge in [0.25, 0.3) is 0 Å².